The van der Waals surface area contributed by atoms with Crippen molar-refractivity contribution in [1.82, 2.24) is 14.9 Å². The Morgan fingerprint density at radius 3 is 2.68 bits per heavy atom. The highest BCUT2D eigenvalue weighted by molar-refractivity contribution is 5.82. The Morgan fingerprint density at radius 2 is 1.84 bits per heavy atom. The number of carbonyl (C=O) groups is 2. The number of fused-ring (bicyclic) bond motifs is 2. The predicted molar refractivity (Wildman–Crippen MR) is 109 cm³/mol. The molecule has 10 heteroatoms. The third-order valence-corrected chi connectivity index (χ3v) is 4.65. The molecule has 0 fully saturated rings. The van der Waals surface area contributed by atoms with Gasteiger partial charge in [-0.25, -0.2) is 4.79 Å². The number of para-hydroxylation sites is 3. The van der Waals surface area contributed by atoms with Crippen molar-refractivity contribution < 1.29 is 23.8 Å². The van der Waals surface area contributed by atoms with Crippen molar-refractivity contribution in [3.05, 3.63) is 69.4 Å². The van der Waals surface area contributed by atoms with E-state index in [4.69, 9.17) is 14.2 Å². The smallest absolute Gasteiger partial charge is 0.329 e. The minimum absolute atomic E-state index is 0.175. The summed E-state index contributed by atoms with van der Waals surface area (Å²) in [7, 11) is 0. The topological polar surface area (TPSA) is 129 Å². The van der Waals surface area contributed by atoms with Crippen LogP contribution in [0, 0.1) is 0 Å². The van der Waals surface area contributed by atoms with E-state index in [1.165, 1.54) is 0 Å². The van der Waals surface area contributed by atoms with Crippen LogP contribution in [0.15, 0.2) is 58.1 Å². The minimum Gasteiger partial charge on any atom is -0.486 e. The average molecular weight is 425 g/mol. The lowest BCUT2D eigenvalue weighted by atomic mass is 10.2. The van der Waals surface area contributed by atoms with Gasteiger partial charge in [0.2, 0.25) is 0 Å². The maximum Gasteiger partial charge on any atom is 0.329 e. The highest BCUT2D eigenvalue weighted by Gasteiger charge is 2.21. The Hall–Kier alpha value is -4.08. The molecule has 0 aliphatic carbocycles. The molecule has 2 heterocycles. The number of carbonyl (C=O) groups excluding carboxylic acids is 2. The van der Waals surface area contributed by atoms with E-state index < -0.39 is 36.3 Å². The number of benzene rings is 2. The number of nitrogens with zero attached hydrogens (tertiary/aromatic N) is 1. The van der Waals surface area contributed by atoms with Gasteiger partial charge in [-0.05, 0) is 24.3 Å². The summed E-state index contributed by atoms with van der Waals surface area (Å²) in [5.41, 5.74) is -0.978. The summed E-state index contributed by atoms with van der Waals surface area (Å²) in [4.78, 5) is 50.3. The second kappa shape index (κ2) is 8.74. The lowest BCUT2D eigenvalue weighted by Gasteiger charge is -2.26. The van der Waals surface area contributed by atoms with E-state index in [9.17, 15) is 19.2 Å². The number of esters is 1. The summed E-state index contributed by atoms with van der Waals surface area (Å²) in [6.07, 6.45) is -0.374. The third kappa shape index (κ3) is 4.58. The number of hydrogen-bond donors (Lipinski definition) is 2. The fraction of sp³-hybridized carbons (Fsp3) is 0.238. The SMILES string of the molecule is O=C(COC(=O)Cn1c(=O)[nH]c(=O)c2ccccc21)NC[C@@H]1COc2ccccc2O1. The van der Waals surface area contributed by atoms with Gasteiger partial charge in [-0.3, -0.25) is 23.9 Å². The number of H-pyrrole nitrogens is 1. The normalized spacial score (nSPS) is 14.8. The van der Waals surface area contributed by atoms with Crippen LogP contribution in [0.2, 0.25) is 0 Å². The van der Waals surface area contributed by atoms with Gasteiger partial charge in [0.15, 0.2) is 18.1 Å². The van der Waals surface area contributed by atoms with Crippen molar-refractivity contribution in [3.63, 3.8) is 0 Å². The Balaban J connectivity index is 1.29. The predicted octanol–water partition coefficient (Wildman–Crippen LogP) is 0.189. The van der Waals surface area contributed by atoms with Gasteiger partial charge in [0.25, 0.3) is 11.5 Å². The molecule has 3 aromatic rings. The van der Waals surface area contributed by atoms with Gasteiger partial charge in [0, 0.05) is 0 Å². The molecule has 160 valence electrons. The van der Waals surface area contributed by atoms with Gasteiger partial charge in [-0.2, -0.15) is 0 Å². The average Bonchev–Trinajstić information content (AvgIpc) is 2.79. The largest absolute Gasteiger partial charge is 0.486 e. The molecule has 0 bridgehead atoms. The van der Waals surface area contributed by atoms with E-state index in [0.717, 1.165) is 4.57 Å². The molecule has 0 spiro atoms. The quantitative estimate of drug-likeness (QED) is 0.540. The Kier molecular flexibility index (Phi) is 5.69. The second-order valence-corrected chi connectivity index (χ2v) is 6.82. The van der Waals surface area contributed by atoms with Crippen LogP contribution in [-0.2, 0) is 20.9 Å². The van der Waals surface area contributed by atoms with E-state index in [2.05, 4.69) is 10.3 Å². The summed E-state index contributed by atoms with van der Waals surface area (Å²) >= 11 is 0. The van der Waals surface area contributed by atoms with Crippen LogP contribution in [0.5, 0.6) is 11.5 Å². The minimum atomic E-state index is -0.791. The van der Waals surface area contributed by atoms with Gasteiger partial charge >= 0.3 is 11.7 Å². The van der Waals surface area contributed by atoms with Gasteiger partial charge < -0.3 is 19.5 Å². The van der Waals surface area contributed by atoms with Crippen LogP contribution in [0.3, 0.4) is 0 Å². The molecule has 1 aliphatic rings. The van der Waals surface area contributed by atoms with E-state index in [-0.39, 0.29) is 24.6 Å². The molecule has 0 saturated carbocycles. The van der Waals surface area contributed by atoms with E-state index in [1.54, 1.807) is 36.4 Å². The summed E-state index contributed by atoms with van der Waals surface area (Å²) in [6.45, 7) is -0.507. The van der Waals surface area contributed by atoms with Crippen molar-refractivity contribution in [2.75, 3.05) is 19.8 Å². The number of aromatic nitrogens is 2. The summed E-state index contributed by atoms with van der Waals surface area (Å²) in [5.74, 6) is -0.0721. The zero-order chi connectivity index (χ0) is 21.8. The van der Waals surface area contributed by atoms with Crippen LogP contribution in [0.25, 0.3) is 10.9 Å². The molecular weight excluding hydrogens is 406 g/mol. The van der Waals surface area contributed by atoms with Gasteiger partial charge in [0.05, 0.1) is 17.4 Å². The molecule has 1 atom stereocenters. The van der Waals surface area contributed by atoms with Crippen molar-refractivity contribution in [3.8, 4) is 11.5 Å². The van der Waals surface area contributed by atoms with Crippen molar-refractivity contribution in [2.45, 2.75) is 12.6 Å². The maximum atomic E-state index is 12.1. The standard InChI is InChI=1S/C21H19N3O7/c25-18(22-9-13-11-29-16-7-3-4-8-17(16)31-13)12-30-19(26)10-24-15-6-2-1-5-14(15)20(27)23-21(24)28/h1-8,13H,9-12H2,(H,22,25)(H,23,27,28)/t13-/m1/s1. The molecule has 1 aromatic heterocycles. The van der Waals surface area contributed by atoms with Gasteiger partial charge in [-0.1, -0.05) is 24.3 Å². The van der Waals surface area contributed by atoms with E-state index >= 15 is 0 Å². The molecule has 0 unspecified atom stereocenters. The fourth-order valence-corrected chi connectivity index (χ4v) is 3.16. The Labute approximate surface area is 175 Å². The third-order valence-electron chi connectivity index (χ3n) is 4.65. The molecule has 4 rings (SSSR count). The molecule has 2 aromatic carbocycles. The van der Waals surface area contributed by atoms with Crippen LogP contribution in [-0.4, -0.2) is 47.3 Å². The van der Waals surface area contributed by atoms with Crippen molar-refractivity contribution >= 4 is 22.8 Å². The number of amides is 1. The molecule has 31 heavy (non-hydrogen) atoms. The number of rotatable bonds is 6. The molecule has 0 saturated heterocycles. The van der Waals surface area contributed by atoms with Crippen molar-refractivity contribution in [2.24, 2.45) is 0 Å². The van der Waals surface area contributed by atoms with Crippen LogP contribution in [0.1, 0.15) is 0 Å². The summed E-state index contributed by atoms with van der Waals surface area (Å²) in [5, 5.41) is 2.88. The number of ether oxygens (including phenoxy) is 3. The zero-order valence-electron chi connectivity index (χ0n) is 16.3. The fourth-order valence-electron chi connectivity index (χ4n) is 3.16. The lowest BCUT2D eigenvalue weighted by molar-refractivity contribution is -0.149. The molecule has 2 N–H and O–H groups in total. The number of nitrogens with one attached hydrogen (secondary N) is 2. The van der Waals surface area contributed by atoms with E-state index in [1.807, 2.05) is 12.1 Å². The van der Waals surface area contributed by atoms with Gasteiger partial charge in [0.1, 0.15) is 19.3 Å². The number of hydrogen-bond acceptors (Lipinski definition) is 7. The summed E-state index contributed by atoms with van der Waals surface area (Å²) in [6, 6.07) is 13.6. The van der Waals surface area contributed by atoms with Gasteiger partial charge in [-0.15, -0.1) is 0 Å². The first kappa shape index (κ1) is 20.2. The Morgan fingerprint density at radius 1 is 1.10 bits per heavy atom. The van der Waals surface area contributed by atoms with Crippen LogP contribution >= 0.6 is 0 Å². The first-order valence-electron chi connectivity index (χ1n) is 9.54. The number of aromatic amines is 1. The first-order chi connectivity index (χ1) is 15.0. The van der Waals surface area contributed by atoms with Crippen LogP contribution < -0.4 is 26.0 Å². The van der Waals surface area contributed by atoms with E-state index in [0.29, 0.717) is 17.0 Å². The summed E-state index contributed by atoms with van der Waals surface area (Å²) < 4.78 is 17.4. The zero-order valence-corrected chi connectivity index (χ0v) is 16.3. The maximum absolute atomic E-state index is 12.1. The molecule has 0 radical (unpaired) electrons. The van der Waals surface area contributed by atoms with Crippen LogP contribution in [0.4, 0.5) is 0 Å². The highest BCUT2D eigenvalue weighted by Crippen LogP contribution is 2.30. The molecular formula is C21H19N3O7. The Bertz CT molecular complexity index is 1250. The monoisotopic (exact) mass is 425 g/mol. The molecule has 1 amide bonds. The second-order valence-electron chi connectivity index (χ2n) is 6.82. The van der Waals surface area contributed by atoms with Crippen molar-refractivity contribution in [1.29, 1.82) is 0 Å². The molecule has 10 nitrogen and oxygen atoms in total. The first-order valence-corrected chi connectivity index (χ1v) is 9.54. The lowest BCUT2D eigenvalue weighted by Crippen LogP contribution is -2.42. The molecule has 1 aliphatic heterocycles. The highest BCUT2D eigenvalue weighted by atomic mass is 16.6.